The Morgan fingerprint density at radius 3 is 2.46 bits per heavy atom. The molecule has 190 valence electrons. The van der Waals surface area contributed by atoms with Gasteiger partial charge in [0.15, 0.2) is 0 Å². The van der Waals surface area contributed by atoms with Gasteiger partial charge in [-0.1, -0.05) is 56.3 Å². The summed E-state index contributed by atoms with van der Waals surface area (Å²) >= 11 is 0. The van der Waals surface area contributed by atoms with E-state index in [0.717, 1.165) is 40.2 Å². The van der Waals surface area contributed by atoms with Crippen LogP contribution in [0.1, 0.15) is 65.6 Å². The zero-order valence-corrected chi connectivity index (χ0v) is 21.6. The maximum absolute atomic E-state index is 14.2. The van der Waals surface area contributed by atoms with E-state index in [1.165, 1.54) is 0 Å². The maximum atomic E-state index is 14.2. The Morgan fingerprint density at radius 2 is 1.76 bits per heavy atom. The molecule has 0 bridgehead atoms. The number of fused-ring (bicyclic) bond motifs is 2. The molecule has 3 atom stereocenters. The van der Waals surface area contributed by atoms with Crippen LogP contribution in [0.25, 0.3) is 11.0 Å². The average Bonchev–Trinajstić information content (AvgIpc) is 3.34. The van der Waals surface area contributed by atoms with E-state index in [9.17, 15) is 9.59 Å². The van der Waals surface area contributed by atoms with Gasteiger partial charge in [-0.2, -0.15) is 0 Å². The van der Waals surface area contributed by atoms with Crippen LogP contribution in [0.2, 0.25) is 0 Å². The lowest BCUT2D eigenvalue weighted by atomic mass is 9.79. The van der Waals surface area contributed by atoms with Gasteiger partial charge in [-0.25, -0.2) is 4.98 Å². The zero-order chi connectivity index (χ0) is 26.1. The molecule has 5 rings (SSSR count). The van der Waals surface area contributed by atoms with Gasteiger partial charge in [-0.3, -0.25) is 9.59 Å². The van der Waals surface area contributed by atoms with Gasteiger partial charge in [0.2, 0.25) is 5.91 Å². The van der Waals surface area contributed by atoms with E-state index < -0.39 is 12.0 Å². The van der Waals surface area contributed by atoms with Crippen LogP contribution < -0.4 is 10.1 Å². The number of hydrogen-bond acceptors (Lipinski definition) is 4. The molecule has 2 N–H and O–H groups in total. The van der Waals surface area contributed by atoms with Crippen LogP contribution in [-0.4, -0.2) is 40.8 Å². The maximum Gasteiger partial charge on any atom is 0.254 e. The minimum atomic E-state index is -0.591. The minimum Gasteiger partial charge on any atom is -0.497 e. The summed E-state index contributed by atoms with van der Waals surface area (Å²) in [5.74, 6) is 0.954. The first-order valence-corrected chi connectivity index (χ1v) is 12.6. The van der Waals surface area contributed by atoms with Gasteiger partial charge < -0.3 is 19.9 Å². The number of likely N-dealkylation sites (N-methyl/N-ethyl adjacent to an activating group) is 1. The fraction of sp³-hybridized carbons (Fsp3) is 0.300. The summed E-state index contributed by atoms with van der Waals surface area (Å²) in [5.41, 5.74) is 3.96. The predicted molar refractivity (Wildman–Crippen MR) is 143 cm³/mol. The number of carbonyl (C=O) groups excluding carboxylic acids is 2. The highest BCUT2D eigenvalue weighted by Crippen LogP contribution is 2.42. The normalized spacial score (nSPS) is 18.1. The second kappa shape index (κ2) is 10.1. The van der Waals surface area contributed by atoms with Gasteiger partial charge in [0.1, 0.15) is 11.6 Å². The van der Waals surface area contributed by atoms with Crippen molar-refractivity contribution in [3.05, 3.63) is 95.3 Å². The summed E-state index contributed by atoms with van der Waals surface area (Å²) in [5, 5.41) is 3.30. The summed E-state index contributed by atoms with van der Waals surface area (Å²) in [4.78, 5) is 37.4. The van der Waals surface area contributed by atoms with E-state index in [4.69, 9.17) is 9.72 Å². The van der Waals surface area contributed by atoms with E-state index in [-0.39, 0.29) is 17.9 Å². The standard InChI is InChI=1S/C30H32N4O3/c1-18(2)17-25(28-31-23-11-7-8-12-24(23)32-28)33-29(35)26-21-9-5-6-10-22(21)30(36)34(3)27(26)19-13-15-20(37-4)16-14-19/h5-16,18,25-27H,17H2,1-4H3,(H,31,32)(H,33,35). The number of hydrogen-bond donors (Lipinski definition) is 2. The number of aromatic amines is 1. The molecule has 1 aliphatic rings. The van der Waals surface area contributed by atoms with Crippen LogP contribution in [0.3, 0.4) is 0 Å². The summed E-state index contributed by atoms with van der Waals surface area (Å²) in [6, 6.07) is 22.1. The van der Waals surface area contributed by atoms with Crippen molar-refractivity contribution in [2.75, 3.05) is 14.2 Å². The third-order valence-corrected chi connectivity index (χ3v) is 7.08. The smallest absolute Gasteiger partial charge is 0.254 e. The molecular weight excluding hydrogens is 464 g/mol. The molecule has 2 amide bonds. The number of ether oxygens (including phenoxy) is 1. The number of aromatic nitrogens is 2. The van der Waals surface area contributed by atoms with E-state index in [2.05, 4.69) is 24.1 Å². The Bertz CT molecular complexity index is 1390. The van der Waals surface area contributed by atoms with Crippen molar-refractivity contribution in [2.24, 2.45) is 5.92 Å². The summed E-state index contributed by atoms with van der Waals surface area (Å²) in [6.45, 7) is 4.26. The highest BCUT2D eigenvalue weighted by Gasteiger charge is 2.43. The number of amides is 2. The van der Waals surface area contributed by atoms with Crippen molar-refractivity contribution in [1.29, 1.82) is 0 Å². The van der Waals surface area contributed by atoms with Crippen molar-refractivity contribution < 1.29 is 14.3 Å². The molecule has 0 radical (unpaired) electrons. The second-order valence-corrected chi connectivity index (χ2v) is 10.0. The van der Waals surface area contributed by atoms with Crippen molar-refractivity contribution in [3.63, 3.8) is 0 Å². The number of rotatable bonds is 7. The molecule has 1 aromatic heterocycles. The number of carbonyl (C=O) groups is 2. The monoisotopic (exact) mass is 496 g/mol. The first kappa shape index (κ1) is 24.6. The molecule has 37 heavy (non-hydrogen) atoms. The molecule has 4 aromatic rings. The third kappa shape index (κ3) is 4.69. The highest BCUT2D eigenvalue weighted by atomic mass is 16.5. The number of H-pyrrole nitrogens is 1. The Hall–Kier alpha value is -4.13. The van der Waals surface area contributed by atoms with Crippen molar-refractivity contribution in [3.8, 4) is 5.75 Å². The third-order valence-electron chi connectivity index (χ3n) is 7.08. The predicted octanol–water partition coefficient (Wildman–Crippen LogP) is 5.39. The SMILES string of the molecule is COc1ccc(C2C(C(=O)NC(CC(C)C)c3nc4ccccc4[nH]3)c3ccccc3C(=O)N2C)cc1. The fourth-order valence-corrected chi connectivity index (χ4v) is 5.28. The van der Waals surface area contributed by atoms with Crippen molar-refractivity contribution in [1.82, 2.24) is 20.2 Å². The molecule has 1 aliphatic heterocycles. The number of methoxy groups -OCH3 is 1. The number of benzene rings is 3. The topological polar surface area (TPSA) is 87.3 Å². The Kier molecular flexibility index (Phi) is 6.70. The van der Waals surface area contributed by atoms with Crippen LogP contribution in [-0.2, 0) is 4.79 Å². The lowest BCUT2D eigenvalue weighted by Gasteiger charge is -2.40. The molecule has 0 saturated heterocycles. The molecule has 0 aliphatic carbocycles. The van der Waals surface area contributed by atoms with Gasteiger partial charge >= 0.3 is 0 Å². The van der Waals surface area contributed by atoms with Crippen LogP contribution >= 0.6 is 0 Å². The molecule has 0 saturated carbocycles. The van der Waals surface area contributed by atoms with Gasteiger partial charge in [-0.15, -0.1) is 0 Å². The summed E-state index contributed by atoms with van der Waals surface area (Å²) in [6.07, 6.45) is 0.724. The first-order valence-electron chi connectivity index (χ1n) is 12.6. The van der Waals surface area contributed by atoms with Crippen LogP contribution in [0, 0.1) is 5.92 Å². The Balaban J connectivity index is 1.55. The lowest BCUT2D eigenvalue weighted by molar-refractivity contribution is -0.125. The Labute approximate surface area is 216 Å². The molecule has 7 nitrogen and oxygen atoms in total. The van der Waals surface area contributed by atoms with E-state index in [1.807, 2.05) is 66.7 Å². The van der Waals surface area contributed by atoms with Gasteiger partial charge in [0, 0.05) is 12.6 Å². The van der Waals surface area contributed by atoms with E-state index >= 15 is 0 Å². The lowest BCUT2D eigenvalue weighted by Crippen LogP contribution is -2.46. The quantitative estimate of drug-likeness (QED) is 0.359. The van der Waals surface area contributed by atoms with Crippen molar-refractivity contribution in [2.45, 2.75) is 38.3 Å². The average molecular weight is 497 g/mol. The summed E-state index contributed by atoms with van der Waals surface area (Å²) < 4.78 is 5.33. The van der Waals surface area contributed by atoms with Gasteiger partial charge in [0.25, 0.3) is 5.91 Å². The number of para-hydroxylation sites is 2. The molecule has 3 aromatic carbocycles. The molecule has 3 unspecified atom stereocenters. The van der Waals surface area contributed by atoms with E-state index in [0.29, 0.717) is 11.5 Å². The number of nitrogens with zero attached hydrogens (tertiary/aromatic N) is 2. The second-order valence-electron chi connectivity index (χ2n) is 10.0. The first-order chi connectivity index (χ1) is 17.9. The molecule has 0 spiro atoms. The number of nitrogens with one attached hydrogen (secondary N) is 2. The van der Waals surface area contributed by atoms with Gasteiger partial charge in [0.05, 0.1) is 36.1 Å². The Morgan fingerprint density at radius 1 is 1.05 bits per heavy atom. The van der Waals surface area contributed by atoms with E-state index in [1.54, 1.807) is 25.1 Å². The highest BCUT2D eigenvalue weighted by molar-refractivity contribution is 6.01. The molecule has 7 heteroatoms. The van der Waals surface area contributed by atoms with Crippen LogP contribution in [0.4, 0.5) is 0 Å². The van der Waals surface area contributed by atoms with Crippen LogP contribution in [0.5, 0.6) is 5.75 Å². The minimum absolute atomic E-state index is 0.100. The molecule has 0 fully saturated rings. The van der Waals surface area contributed by atoms with Crippen LogP contribution in [0.15, 0.2) is 72.8 Å². The molecule has 2 heterocycles. The van der Waals surface area contributed by atoms with Gasteiger partial charge in [-0.05, 0) is 53.8 Å². The van der Waals surface area contributed by atoms with Crippen molar-refractivity contribution >= 4 is 22.8 Å². The summed E-state index contributed by atoms with van der Waals surface area (Å²) in [7, 11) is 3.38. The fourth-order valence-electron chi connectivity index (χ4n) is 5.28. The largest absolute Gasteiger partial charge is 0.497 e. The zero-order valence-electron chi connectivity index (χ0n) is 21.6. The molecular formula is C30H32N4O3. The number of imidazole rings is 1.